The lowest BCUT2D eigenvalue weighted by atomic mass is 9.82. The molecule has 0 aromatic heterocycles. The van der Waals surface area contributed by atoms with E-state index in [1.807, 2.05) is 109 Å². The van der Waals surface area contributed by atoms with Crippen LogP contribution in [-0.4, -0.2) is 35.7 Å². The number of hydrogen-bond acceptors (Lipinski definition) is 6. The van der Waals surface area contributed by atoms with Gasteiger partial charge in [0.2, 0.25) is 5.90 Å². The van der Waals surface area contributed by atoms with Crippen LogP contribution in [0, 0.1) is 0 Å². The number of rotatable bonds is 12. The van der Waals surface area contributed by atoms with Crippen LogP contribution < -0.4 is 15.6 Å². The Morgan fingerprint density at radius 1 is 0.927 bits per heavy atom. The van der Waals surface area contributed by atoms with Gasteiger partial charge in [-0.15, -0.1) is 0 Å². The SMILES string of the molecule is O=C(NNCc1ccccc1Cl)[C@@]1(Cc2ccccc2)N=C(c2ccc(OCCCO)cc2)O[C@H]1c1ccccc1. The zero-order valence-corrected chi connectivity index (χ0v) is 23.3. The maximum absolute atomic E-state index is 14.2. The van der Waals surface area contributed by atoms with Crippen molar-refractivity contribution in [2.75, 3.05) is 13.2 Å². The summed E-state index contributed by atoms with van der Waals surface area (Å²) in [5, 5.41) is 9.63. The molecule has 0 fully saturated rings. The largest absolute Gasteiger partial charge is 0.494 e. The smallest absolute Gasteiger partial charge is 0.266 e. The molecule has 4 aromatic carbocycles. The molecule has 1 aliphatic rings. The van der Waals surface area contributed by atoms with Crippen LogP contribution in [0.3, 0.4) is 0 Å². The summed E-state index contributed by atoms with van der Waals surface area (Å²) in [4.78, 5) is 19.2. The minimum absolute atomic E-state index is 0.0718. The first-order chi connectivity index (χ1) is 20.1. The van der Waals surface area contributed by atoms with Crippen LogP contribution in [0.4, 0.5) is 0 Å². The molecule has 41 heavy (non-hydrogen) atoms. The molecule has 7 nitrogen and oxygen atoms in total. The van der Waals surface area contributed by atoms with E-state index >= 15 is 0 Å². The lowest BCUT2D eigenvalue weighted by Crippen LogP contribution is -2.53. The number of nitrogens with one attached hydrogen (secondary N) is 2. The van der Waals surface area contributed by atoms with E-state index in [1.165, 1.54) is 0 Å². The third-order valence-corrected chi connectivity index (χ3v) is 7.26. The summed E-state index contributed by atoms with van der Waals surface area (Å²) in [7, 11) is 0. The Labute approximate surface area is 244 Å². The fourth-order valence-corrected chi connectivity index (χ4v) is 4.99. The molecular weight excluding hydrogens is 538 g/mol. The van der Waals surface area contributed by atoms with Gasteiger partial charge in [-0.2, -0.15) is 0 Å². The number of carbonyl (C=O) groups excluding carboxylic acids is 1. The van der Waals surface area contributed by atoms with Gasteiger partial charge in [0.15, 0.2) is 11.6 Å². The van der Waals surface area contributed by atoms with E-state index in [1.54, 1.807) is 0 Å². The highest BCUT2D eigenvalue weighted by atomic mass is 35.5. The van der Waals surface area contributed by atoms with Gasteiger partial charge in [0.05, 0.1) is 6.61 Å². The lowest BCUT2D eigenvalue weighted by molar-refractivity contribution is -0.130. The van der Waals surface area contributed by atoms with Crippen LogP contribution in [0.15, 0.2) is 114 Å². The van der Waals surface area contributed by atoms with E-state index in [0.717, 1.165) is 22.3 Å². The van der Waals surface area contributed by atoms with E-state index in [0.29, 0.717) is 42.7 Å². The quantitative estimate of drug-likeness (QED) is 0.156. The summed E-state index contributed by atoms with van der Waals surface area (Å²) in [5.41, 5.74) is 8.02. The first kappa shape index (κ1) is 28.4. The van der Waals surface area contributed by atoms with Crippen LogP contribution in [0.2, 0.25) is 5.02 Å². The number of aliphatic hydroxyl groups is 1. The van der Waals surface area contributed by atoms with Crippen molar-refractivity contribution < 1.29 is 19.4 Å². The summed E-state index contributed by atoms with van der Waals surface area (Å²) >= 11 is 6.32. The molecule has 0 saturated heterocycles. The number of carbonyl (C=O) groups is 1. The summed E-state index contributed by atoms with van der Waals surface area (Å²) in [6, 6.07) is 34.4. The van der Waals surface area contributed by atoms with Crippen molar-refractivity contribution in [3.8, 4) is 5.75 Å². The van der Waals surface area contributed by atoms with Crippen LogP contribution in [0.25, 0.3) is 0 Å². The first-order valence-corrected chi connectivity index (χ1v) is 13.9. The number of nitrogens with zero attached hydrogens (tertiary/aromatic N) is 1. The van der Waals surface area contributed by atoms with Gasteiger partial charge >= 0.3 is 0 Å². The molecule has 0 unspecified atom stereocenters. The van der Waals surface area contributed by atoms with Gasteiger partial charge < -0.3 is 14.6 Å². The topological polar surface area (TPSA) is 92.2 Å². The third-order valence-electron chi connectivity index (χ3n) is 6.89. The second-order valence-electron chi connectivity index (χ2n) is 9.76. The highest BCUT2D eigenvalue weighted by molar-refractivity contribution is 6.31. The van der Waals surface area contributed by atoms with Crippen molar-refractivity contribution in [2.45, 2.75) is 31.0 Å². The molecule has 3 N–H and O–H groups in total. The molecule has 0 saturated carbocycles. The van der Waals surface area contributed by atoms with Gasteiger partial charge in [0, 0.05) is 36.6 Å². The normalized spacial score (nSPS) is 17.9. The van der Waals surface area contributed by atoms with Crippen LogP contribution in [0.5, 0.6) is 5.75 Å². The number of ether oxygens (including phenoxy) is 2. The number of aliphatic hydroxyl groups excluding tert-OH is 1. The number of benzene rings is 4. The Kier molecular flexibility index (Phi) is 9.31. The molecule has 1 aliphatic heterocycles. The summed E-state index contributed by atoms with van der Waals surface area (Å²) < 4.78 is 12.2. The summed E-state index contributed by atoms with van der Waals surface area (Å²) in [6.45, 7) is 0.839. The molecule has 2 atom stereocenters. The van der Waals surface area contributed by atoms with Gasteiger partial charge in [-0.25, -0.2) is 10.4 Å². The van der Waals surface area contributed by atoms with E-state index < -0.39 is 11.6 Å². The Morgan fingerprint density at radius 3 is 2.32 bits per heavy atom. The van der Waals surface area contributed by atoms with Crippen LogP contribution in [-0.2, 0) is 22.5 Å². The molecule has 4 aromatic rings. The van der Waals surface area contributed by atoms with Crippen molar-refractivity contribution in [3.63, 3.8) is 0 Å². The molecule has 0 bridgehead atoms. The average Bonchev–Trinajstić information content (AvgIpc) is 3.40. The van der Waals surface area contributed by atoms with Crippen molar-refractivity contribution >= 4 is 23.4 Å². The van der Waals surface area contributed by atoms with Gasteiger partial charge in [0.25, 0.3) is 5.91 Å². The standard InChI is InChI=1S/C33H32ClN3O4/c34-29-15-8-7-14-27(29)23-35-37-32(39)33(22-24-10-3-1-4-11-24)30(25-12-5-2-6-13-25)41-31(36-33)26-16-18-28(19-17-26)40-21-9-20-38/h1-8,10-19,30,35,38H,9,20-23H2,(H,37,39)/t30-,33-/m0/s1. The monoisotopic (exact) mass is 569 g/mol. The molecule has 0 spiro atoms. The van der Waals surface area contributed by atoms with Gasteiger partial charge in [-0.1, -0.05) is 90.5 Å². The highest BCUT2D eigenvalue weighted by Crippen LogP contribution is 2.42. The minimum atomic E-state index is -1.30. The number of halogens is 1. The maximum Gasteiger partial charge on any atom is 0.266 e. The third kappa shape index (κ3) is 6.77. The molecule has 8 heteroatoms. The number of aliphatic imine (C=N–C) groups is 1. The van der Waals surface area contributed by atoms with Crippen molar-refractivity contribution in [2.24, 2.45) is 4.99 Å². The van der Waals surface area contributed by atoms with E-state index in [9.17, 15) is 4.79 Å². The molecule has 0 radical (unpaired) electrons. The zero-order chi connectivity index (χ0) is 28.5. The molecule has 210 valence electrons. The second kappa shape index (κ2) is 13.5. The zero-order valence-electron chi connectivity index (χ0n) is 22.5. The number of amides is 1. The van der Waals surface area contributed by atoms with Gasteiger partial charge in [-0.3, -0.25) is 10.2 Å². The summed E-state index contributed by atoms with van der Waals surface area (Å²) in [5.74, 6) is 0.733. The van der Waals surface area contributed by atoms with Crippen molar-refractivity contribution in [1.29, 1.82) is 0 Å². The van der Waals surface area contributed by atoms with Gasteiger partial charge in [-0.05, 0) is 47.0 Å². The second-order valence-corrected chi connectivity index (χ2v) is 10.2. The average molecular weight is 570 g/mol. The Balaban J connectivity index is 1.49. The lowest BCUT2D eigenvalue weighted by Gasteiger charge is -2.31. The van der Waals surface area contributed by atoms with Crippen LogP contribution >= 0.6 is 11.6 Å². The Morgan fingerprint density at radius 2 is 1.61 bits per heavy atom. The van der Waals surface area contributed by atoms with E-state index in [2.05, 4.69) is 10.9 Å². The molecule has 0 aliphatic carbocycles. The number of hydrazine groups is 1. The van der Waals surface area contributed by atoms with E-state index in [4.69, 9.17) is 31.2 Å². The fraction of sp³-hybridized carbons (Fsp3) is 0.212. The predicted molar refractivity (Wildman–Crippen MR) is 160 cm³/mol. The molecule has 1 heterocycles. The molecular formula is C33H32ClN3O4. The highest BCUT2D eigenvalue weighted by Gasteiger charge is 2.53. The number of hydrogen-bond donors (Lipinski definition) is 3. The first-order valence-electron chi connectivity index (χ1n) is 13.6. The Hall–Kier alpha value is -4.17. The van der Waals surface area contributed by atoms with Crippen molar-refractivity contribution in [3.05, 3.63) is 136 Å². The maximum atomic E-state index is 14.2. The van der Waals surface area contributed by atoms with Crippen molar-refractivity contribution in [1.82, 2.24) is 10.9 Å². The van der Waals surface area contributed by atoms with Gasteiger partial charge in [0.1, 0.15) is 5.75 Å². The molecule has 5 rings (SSSR count). The minimum Gasteiger partial charge on any atom is -0.494 e. The predicted octanol–water partition coefficient (Wildman–Crippen LogP) is 5.42. The summed E-state index contributed by atoms with van der Waals surface area (Å²) in [6.07, 6.45) is 0.193. The van der Waals surface area contributed by atoms with Crippen LogP contribution in [0.1, 0.15) is 34.8 Å². The van der Waals surface area contributed by atoms with E-state index in [-0.39, 0.29) is 12.5 Å². The Bertz CT molecular complexity index is 1470. The fourth-order valence-electron chi connectivity index (χ4n) is 4.79. The molecule has 1 amide bonds.